The van der Waals surface area contributed by atoms with Crippen molar-refractivity contribution in [3.63, 3.8) is 0 Å². The largest absolute Gasteiger partial charge is 0.481 e. The lowest BCUT2D eigenvalue weighted by Gasteiger charge is -2.24. The van der Waals surface area contributed by atoms with Gasteiger partial charge in [-0.25, -0.2) is 0 Å². The molecule has 0 radical (unpaired) electrons. The van der Waals surface area contributed by atoms with Gasteiger partial charge in [0.2, 0.25) is 0 Å². The quantitative estimate of drug-likeness (QED) is 0.560. The van der Waals surface area contributed by atoms with Crippen LogP contribution in [-0.2, 0) is 4.79 Å². The molecule has 3 nitrogen and oxygen atoms in total. The minimum atomic E-state index is -0.667. The molecule has 1 rings (SSSR count). The molecule has 0 aromatic rings. The second-order valence-corrected chi connectivity index (χ2v) is 2.92. The lowest BCUT2D eigenvalue weighted by atomic mass is 9.96. The standard InChI is InChI=1S/C7H13NO2/c1-5-2-3-6(4-8-5)7(9)10/h5-6,8H,2-4H2,1H3,(H,9,10)/t5-,6+/m1/s1. The summed E-state index contributed by atoms with van der Waals surface area (Å²) in [6, 6.07) is 0.496. The predicted octanol–water partition coefficient (Wildman–Crippen LogP) is 0.459. The van der Waals surface area contributed by atoms with Crippen LogP contribution in [0.5, 0.6) is 0 Å². The maximum Gasteiger partial charge on any atom is 0.307 e. The number of carbonyl (C=O) groups is 1. The number of carboxylic acids is 1. The van der Waals surface area contributed by atoms with Gasteiger partial charge in [0, 0.05) is 12.6 Å². The third kappa shape index (κ3) is 1.70. The summed E-state index contributed by atoms with van der Waals surface area (Å²) in [6.45, 7) is 2.72. The Morgan fingerprint density at radius 2 is 2.30 bits per heavy atom. The fourth-order valence-corrected chi connectivity index (χ4v) is 1.21. The van der Waals surface area contributed by atoms with Crippen molar-refractivity contribution in [2.75, 3.05) is 6.54 Å². The molecule has 2 atom stereocenters. The zero-order valence-electron chi connectivity index (χ0n) is 6.13. The van der Waals surface area contributed by atoms with Gasteiger partial charge in [-0.2, -0.15) is 0 Å². The Hall–Kier alpha value is -0.570. The zero-order chi connectivity index (χ0) is 7.56. The van der Waals surface area contributed by atoms with Crippen LogP contribution in [0.1, 0.15) is 19.8 Å². The maximum absolute atomic E-state index is 10.4. The summed E-state index contributed by atoms with van der Waals surface area (Å²) < 4.78 is 0. The first-order valence-corrected chi connectivity index (χ1v) is 3.66. The monoisotopic (exact) mass is 143 g/mol. The molecule has 0 saturated carbocycles. The number of aliphatic carboxylic acids is 1. The molecule has 1 fully saturated rings. The van der Waals surface area contributed by atoms with Gasteiger partial charge < -0.3 is 10.4 Å². The van der Waals surface area contributed by atoms with E-state index in [0.29, 0.717) is 12.6 Å². The van der Waals surface area contributed by atoms with E-state index in [-0.39, 0.29) is 5.92 Å². The normalized spacial score (nSPS) is 33.7. The number of hydrogen-bond donors (Lipinski definition) is 2. The molecule has 10 heavy (non-hydrogen) atoms. The van der Waals surface area contributed by atoms with Gasteiger partial charge in [0.25, 0.3) is 0 Å². The second kappa shape index (κ2) is 3.01. The molecule has 0 unspecified atom stereocenters. The molecule has 1 saturated heterocycles. The molecular weight excluding hydrogens is 130 g/mol. The Morgan fingerprint density at radius 3 is 2.70 bits per heavy atom. The molecule has 1 aliphatic heterocycles. The Bertz CT molecular complexity index is 128. The summed E-state index contributed by atoms with van der Waals surface area (Å²) in [5.41, 5.74) is 0. The van der Waals surface area contributed by atoms with Crippen LogP contribution in [0.2, 0.25) is 0 Å². The smallest absolute Gasteiger partial charge is 0.307 e. The van der Waals surface area contributed by atoms with E-state index in [4.69, 9.17) is 5.11 Å². The van der Waals surface area contributed by atoms with Crippen molar-refractivity contribution < 1.29 is 9.90 Å². The Labute approximate surface area is 60.4 Å². The van der Waals surface area contributed by atoms with Gasteiger partial charge >= 0.3 is 5.97 Å². The third-order valence-corrected chi connectivity index (χ3v) is 2.01. The van der Waals surface area contributed by atoms with Crippen molar-refractivity contribution in [1.29, 1.82) is 0 Å². The van der Waals surface area contributed by atoms with Crippen LogP contribution < -0.4 is 5.32 Å². The van der Waals surface area contributed by atoms with Crippen molar-refractivity contribution in [3.05, 3.63) is 0 Å². The molecule has 0 aromatic heterocycles. The van der Waals surface area contributed by atoms with E-state index < -0.39 is 5.97 Å². The summed E-state index contributed by atoms with van der Waals surface area (Å²) in [7, 11) is 0. The van der Waals surface area contributed by atoms with E-state index in [0.717, 1.165) is 12.8 Å². The van der Waals surface area contributed by atoms with Gasteiger partial charge in [-0.05, 0) is 19.8 Å². The summed E-state index contributed by atoms with van der Waals surface area (Å²) in [6.07, 6.45) is 1.81. The van der Waals surface area contributed by atoms with Crippen LogP contribution in [0.25, 0.3) is 0 Å². The average Bonchev–Trinajstić information content (AvgIpc) is 1.88. The number of piperidine rings is 1. The van der Waals surface area contributed by atoms with Crippen molar-refractivity contribution in [2.24, 2.45) is 5.92 Å². The Morgan fingerprint density at radius 1 is 1.60 bits per heavy atom. The minimum absolute atomic E-state index is 0.156. The van der Waals surface area contributed by atoms with Crippen LogP contribution in [0, 0.1) is 5.92 Å². The number of carboxylic acid groups (broad SMARTS) is 1. The highest BCUT2D eigenvalue weighted by molar-refractivity contribution is 5.70. The fraction of sp³-hybridized carbons (Fsp3) is 0.857. The van der Waals surface area contributed by atoms with Gasteiger partial charge in [0.05, 0.1) is 5.92 Å². The second-order valence-electron chi connectivity index (χ2n) is 2.92. The van der Waals surface area contributed by atoms with Crippen LogP contribution in [0.4, 0.5) is 0 Å². The highest BCUT2D eigenvalue weighted by atomic mass is 16.4. The van der Waals surface area contributed by atoms with Gasteiger partial charge in [-0.15, -0.1) is 0 Å². The van der Waals surface area contributed by atoms with E-state index in [2.05, 4.69) is 12.2 Å². The molecular formula is C7H13NO2. The average molecular weight is 143 g/mol. The summed E-state index contributed by atoms with van der Waals surface area (Å²) in [5, 5.41) is 11.7. The highest BCUT2D eigenvalue weighted by Gasteiger charge is 2.22. The number of nitrogens with one attached hydrogen (secondary N) is 1. The van der Waals surface area contributed by atoms with E-state index in [1.165, 1.54) is 0 Å². The van der Waals surface area contributed by atoms with Crippen molar-refractivity contribution in [2.45, 2.75) is 25.8 Å². The van der Waals surface area contributed by atoms with Gasteiger partial charge in [-0.3, -0.25) is 4.79 Å². The molecule has 2 N–H and O–H groups in total. The van der Waals surface area contributed by atoms with E-state index >= 15 is 0 Å². The fourth-order valence-electron chi connectivity index (χ4n) is 1.21. The lowest BCUT2D eigenvalue weighted by molar-refractivity contribution is -0.142. The van der Waals surface area contributed by atoms with Crippen LogP contribution in [0.3, 0.4) is 0 Å². The lowest BCUT2D eigenvalue weighted by Crippen LogP contribution is -2.39. The topological polar surface area (TPSA) is 49.3 Å². The van der Waals surface area contributed by atoms with Crippen molar-refractivity contribution in [3.8, 4) is 0 Å². The number of rotatable bonds is 1. The molecule has 1 aliphatic rings. The zero-order valence-corrected chi connectivity index (χ0v) is 6.13. The predicted molar refractivity (Wildman–Crippen MR) is 37.8 cm³/mol. The SMILES string of the molecule is C[C@@H]1CC[C@H](C(=O)O)CN1. The van der Waals surface area contributed by atoms with Crippen LogP contribution >= 0.6 is 0 Å². The third-order valence-electron chi connectivity index (χ3n) is 2.01. The van der Waals surface area contributed by atoms with E-state index in [1.54, 1.807) is 0 Å². The van der Waals surface area contributed by atoms with E-state index in [1.807, 2.05) is 0 Å². The first-order chi connectivity index (χ1) is 4.70. The summed E-state index contributed by atoms with van der Waals surface area (Å²) in [5.74, 6) is -0.824. The Kier molecular flexibility index (Phi) is 2.27. The summed E-state index contributed by atoms with van der Waals surface area (Å²) >= 11 is 0. The highest BCUT2D eigenvalue weighted by Crippen LogP contribution is 2.13. The Balaban J connectivity index is 2.33. The van der Waals surface area contributed by atoms with Gasteiger partial charge in [0.1, 0.15) is 0 Å². The van der Waals surface area contributed by atoms with Crippen LogP contribution in [0.15, 0.2) is 0 Å². The molecule has 0 spiro atoms. The molecule has 1 heterocycles. The number of hydrogen-bond acceptors (Lipinski definition) is 2. The molecule has 58 valence electrons. The van der Waals surface area contributed by atoms with Crippen molar-refractivity contribution >= 4 is 5.97 Å². The molecule has 0 bridgehead atoms. The molecule has 3 heteroatoms. The van der Waals surface area contributed by atoms with Crippen LogP contribution in [-0.4, -0.2) is 23.7 Å². The minimum Gasteiger partial charge on any atom is -0.481 e. The molecule has 0 amide bonds. The van der Waals surface area contributed by atoms with Gasteiger partial charge in [-0.1, -0.05) is 0 Å². The molecule has 0 aromatic carbocycles. The molecule has 0 aliphatic carbocycles. The van der Waals surface area contributed by atoms with Crippen molar-refractivity contribution in [1.82, 2.24) is 5.32 Å². The summed E-state index contributed by atoms with van der Waals surface area (Å²) in [4.78, 5) is 10.4. The van der Waals surface area contributed by atoms with Gasteiger partial charge in [0.15, 0.2) is 0 Å². The first-order valence-electron chi connectivity index (χ1n) is 3.66. The van der Waals surface area contributed by atoms with E-state index in [9.17, 15) is 4.79 Å². The first kappa shape index (κ1) is 7.54. The maximum atomic E-state index is 10.4.